The maximum absolute atomic E-state index is 12.9. The molecule has 1 amide bonds. The lowest BCUT2D eigenvalue weighted by Gasteiger charge is -2.08. The Morgan fingerprint density at radius 3 is 2.77 bits per heavy atom. The van der Waals surface area contributed by atoms with E-state index < -0.39 is 0 Å². The molecule has 0 saturated heterocycles. The van der Waals surface area contributed by atoms with E-state index in [9.17, 15) is 9.59 Å². The van der Waals surface area contributed by atoms with Crippen molar-refractivity contribution >= 4 is 50.4 Å². The van der Waals surface area contributed by atoms with Crippen LogP contribution in [0, 0.1) is 0 Å². The summed E-state index contributed by atoms with van der Waals surface area (Å²) in [7, 11) is 0. The van der Waals surface area contributed by atoms with Crippen LogP contribution < -0.4 is 15.6 Å². The second kappa shape index (κ2) is 10.1. The Kier molecular flexibility index (Phi) is 7.01. The van der Waals surface area contributed by atoms with Gasteiger partial charge in [0.1, 0.15) is 17.1 Å². The first-order valence-electron chi connectivity index (χ1n) is 9.77. The third-order valence-corrected chi connectivity index (χ3v) is 6.68. The first-order chi connectivity index (χ1) is 15.1. The normalized spacial score (nSPS) is 11.0. The predicted molar refractivity (Wildman–Crippen MR) is 126 cm³/mol. The number of rotatable bonds is 9. The van der Waals surface area contributed by atoms with Crippen molar-refractivity contribution in [2.75, 3.05) is 13.2 Å². The first kappa shape index (κ1) is 21.5. The van der Waals surface area contributed by atoms with Crippen LogP contribution in [0.2, 0.25) is 5.02 Å². The highest BCUT2D eigenvalue weighted by Gasteiger charge is 2.15. The third kappa shape index (κ3) is 5.33. The molecule has 1 aromatic carbocycles. The molecule has 3 heterocycles. The maximum Gasteiger partial charge on any atom is 0.263 e. The minimum Gasteiger partial charge on any atom is -0.494 e. The summed E-state index contributed by atoms with van der Waals surface area (Å²) in [6.45, 7) is 1.02. The van der Waals surface area contributed by atoms with E-state index in [1.807, 2.05) is 35.0 Å². The molecule has 0 saturated carbocycles. The summed E-state index contributed by atoms with van der Waals surface area (Å²) >= 11 is 8.86. The third-order valence-electron chi connectivity index (χ3n) is 4.64. The number of amides is 1. The molecule has 0 aliphatic heterocycles. The van der Waals surface area contributed by atoms with Crippen LogP contribution in [0.25, 0.3) is 20.7 Å². The van der Waals surface area contributed by atoms with Crippen LogP contribution in [0.1, 0.15) is 12.8 Å². The lowest BCUT2D eigenvalue weighted by atomic mass is 10.2. The van der Waals surface area contributed by atoms with Gasteiger partial charge in [0.25, 0.3) is 5.56 Å². The van der Waals surface area contributed by atoms with Gasteiger partial charge in [0.15, 0.2) is 0 Å². The van der Waals surface area contributed by atoms with Crippen molar-refractivity contribution in [3.63, 3.8) is 0 Å². The maximum atomic E-state index is 12.9. The lowest BCUT2D eigenvalue weighted by Crippen LogP contribution is -2.33. The van der Waals surface area contributed by atoms with Crippen molar-refractivity contribution in [1.29, 1.82) is 0 Å². The average Bonchev–Trinajstić information content (AvgIpc) is 3.44. The van der Waals surface area contributed by atoms with Crippen molar-refractivity contribution in [3.05, 3.63) is 68.9 Å². The number of carbonyl (C=O) groups excluding carboxylic acids is 1. The standard InChI is InChI=1S/C22H20ClN3O3S2/c23-15-5-7-16(8-6-15)29-10-2-1-9-24-19(27)12-26-14-25-21-20(22(26)28)17(13-31-21)18-4-3-11-30-18/h3-8,11,13-14H,1-2,9-10,12H2,(H,24,27). The number of fused-ring (bicyclic) bond motifs is 1. The van der Waals surface area contributed by atoms with Crippen molar-refractivity contribution < 1.29 is 9.53 Å². The van der Waals surface area contributed by atoms with E-state index >= 15 is 0 Å². The quantitative estimate of drug-likeness (QED) is 0.354. The average molecular weight is 474 g/mol. The first-order valence-corrected chi connectivity index (χ1v) is 11.9. The number of thiophene rings is 2. The van der Waals surface area contributed by atoms with Crippen LogP contribution in [-0.2, 0) is 11.3 Å². The molecular weight excluding hydrogens is 454 g/mol. The monoisotopic (exact) mass is 473 g/mol. The van der Waals surface area contributed by atoms with Gasteiger partial charge in [-0.2, -0.15) is 0 Å². The molecule has 0 bridgehead atoms. The van der Waals surface area contributed by atoms with Crippen molar-refractivity contribution in [2.45, 2.75) is 19.4 Å². The number of hydrogen-bond donors (Lipinski definition) is 1. The smallest absolute Gasteiger partial charge is 0.263 e. The number of carbonyl (C=O) groups is 1. The van der Waals surface area contributed by atoms with Crippen molar-refractivity contribution in [1.82, 2.24) is 14.9 Å². The van der Waals surface area contributed by atoms with Gasteiger partial charge in [0.2, 0.25) is 5.91 Å². The van der Waals surface area contributed by atoms with E-state index in [0.29, 0.717) is 28.4 Å². The van der Waals surface area contributed by atoms with Crippen LogP contribution in [0.3, 0.4) is 0 Å². The van der Waals surface area contributed by atoms with Gasteiger partial charge < -0.3 is 10.1 Å². The molecule has 0 aliphatic rings. The molecule has 0 atom stereocenters. The van der Waals surface area contributed by atoms with Crippen LogP contribution in [0.4, 0.5) is 0 Å². The van der Waals surface area contributed by atoms with Gasteiger partial charge in [-0.05, 0) is 48.6 Å². The second-order valence-electron chi connectivity index (χ2n) is 6.84. The van der Waals surface area contributed by atoms with Gasteiger partial charge in [-0.3, -0.25) is 14.2 Å². The number of halogens is 1. The van der Waals surface area contributed by atoms with Gasteiger partial charge >= 0.3 is 0 Å². The minimum absolute atomic E-state index is 0.0528. The Morgan fingerprint density at radius 1 is 1.16 bits per heavy atom. The van der Waals surface area contributed by atoms with E-state index in [-0.39, 0.29) is 18.0 Å². The fourth-order valence-corrected chi connectivity index (χ4v) is 4.93. The Hall–Kier alpha value is -2.68. The zero-order chi connectivity index (χ0) is 21.6. The van der Waals surface area contributed by atoms with Gasteiger partial charge in [0, 0.05) is 27.4 Å². The molecule has 0 unspecified atom stereocenters. The van der Waals surface area contributed by atoms with Crippen molar-refractivity contribution in [2.24, 2.45) is 0 Å². The predicted octanol–water partition coefficient (Wildman–Crippen LogP) is 4.82. The lowest BCUT2D eigenvalue weighted by molar-refractivity contribution is -0.121. The summed E-state index contributed by atoms with van der Waals surface area (Å²) in [6.07, 6.45) is 3.02. The van der Waals surface area contributed by atoms with E-state index in [1.165, 1.54) is 22.2 Å². The molecule has 1 N–H and O–H groups in total. The molecule has 6 nitrogen and oxygen atoms in total. The molecule has 0 radical (unpaired) electrons. The van der Waals surface area contributed by atoms with Crippen LogP contribution >= 0.6 is 34.3 Å². The second-order valence-corrected chi connectivity index (χ2v) is 9.09. The summed E-state index contributed by atoms with van der Waals surface area (Å²) in [4.78, 5) is 31.3. The summed E-state index contributed by atoms with van der Waals surface area (Å²) in [5, 5.41) is 8.02. The Labute approximate surface area is 192 Å². The molecule has 0 spiro atoms. The largest absolute Gasteiger partial charge is 0.494 e. The summed E-state index contributed by atoms with van der Waals surface area (Å²) in [5.74, 6) is 0.556. The van der Waals surface area contributed by atoms with Gasteiger partial charge in [-0.25, -0.2) is 4.98 Å². The molecule has 31 heavy (non-hydrogen) atoms. The fraction of sp³-hybridized carbons (Fsp3) is 0.227. The number of ether oxygens (including phenoxy) is 1. The molecule has 3 aromatic heterocycles. The van der Waals surface area contributed by atoms with Crippen LogP contribution in [0.5, 0.6) is 5.75 Å². The van der Waals surface area contributed by atoms with Gasteiger partial charge in [-0.15, -0.1) is 22.7 Å². The van der Waals surface area contributed by atoms with Crippen molar-refractivity contribution in [3.8, 4) is 16.2 Å². The zero-order valence-electron chi connectivity index (χ0n) is 16.5. The van der Waals surface area contributed by atoms with E-state index in [1.54, 1.807) is 23.5 Å². The molecule has 0 aliphatic carbocycles. The van der Waals surface area contributed by atoms with E-state index in [2.05, 4.69) is 10.3 Å². The molecule has 4 aromatic rings. The number of unbranched alkanes of at least 4 members (excludes halogenated alkanes) is 1. The molecule has 4 rings (SSSR count). The molecule has 160 valence electrons. The highest BCUT2D eigenvalue weighted by Crippen LogP contribution is 2.33. The number of benzene rings is 1. The number of aromatic nitrogens is 2. The highest BCUT2D eigenvalue weighted by atomic mass is 35.5. The van der Waals surface area contributed by atoms with Gasteiger partial charge in [0.05, 0.1) is 18.3 Å². The van der Waals surface area contributed by atoms with Gasteiger partial charge in [-0.1, -0.05) is 17.7 Å². The number of nitrogens with zero attached hydrogens (tertiary/aromatic N) is 2. The zero-order valence-corrected chi connectivity index (χ0v) is 18.9. The van der Waals surface area contributed by atoms with Crippen LogP contribution in [-0.4, -0.2) is 28.6 Å². The fourth-order valence-electron chi connectivity index (χ4n) is 3.08. The van der Waals surface area contributed by atoms with E-state index in [4.69, 9.17) is 16.3 Å². The van der Waals surface area contributed by atoms with Crippen LogP contribution in [0.15, 0.2) is 58.3 Å². The Balaban J connectivity index is 1.27. The number of nitrogens with one attached hydrogen (secondary N) is 1. The Bertz CT molecular complexity index is 1220. The Morgan fingerprint density at radius 2 is 2.00 bits per heavy atom. The SMILES string of the molecule is O=C(Cn1cnc2scc(-c3cccs3)c2c1=O)NCCCCOc1ccc(Cl)cc1. The molecule has 0 fully saturated rings. The highest BCUT2D eigenvalue weighted by molar-refractivity contribution is 7.18. The minimum atomic E-state index is -0.213. The summed E-state index contributed by atoms with van der Waals surface area (Å²) in [5.41, 5.74) is 0.684. The molecule has 9 heteroatoms. The summed E-state index contributed by atoms with van der Waals surface area (Å²) in [6, 6.07) is 11.1. The van der Waals surface area contributed by atoms with E-state index in [0.717, 1.165) is 29.0 Å². The topological polar surface area (TPSA) is 73.2 Å². The number of hydrogen-bond acceptors (Lipinski definition) is 6. The summed E-state index contributed by atoms with van der Waals surface area (Å²) < 4.78 is 7.00. The molecular formula is C22H20ClN3O3S2.